The highest BCUT2D eigenvalue weighted by Gasteiger charge is 2.19. The zero-order valence-corrected chi connectivity index (χ0v) is 18.8. The van der Waals surface area contributed by atoms with Crippen LogP contribution in [0.2, 0.25) is 0 Å². The van der Waals surface area contributed by atoms with Gasteiger partial charge in [-0.15, -0.1) is 10.2 Å². The number of thioether (sulfide) groups is 1. The molecule has 0 spiro atoms. The number of nitrogens with zero attached hydrogens (tertiary/aromatic N) is 4. The SMILES string of the molecule is Cc1ccc(-n2c(C)cc(C(=O)CSc3nnc(CCC(N)=O)n3C)c2C)cc1C. The van der Waals surface area contributed by atoms with Gasteiger partial charge in [-0.05, 0) is 57.0 Å². The zero-order valence-electron chi connectivity index (χ0n) is 18.0. The van der Waals surface area contributed by atoms with Crippen molar-refractivity contribution in [2.45, 2.75) is 45.7 Å². The van der Waals surface area contributed by atoms with Crippen LogP contribution in [0.25, 0.3) is 5.69 Å². The fourth-order valence-corrected chi connectivity index (χ4v) is 4.25. The number of carbonyl (C=O) groups is 2. The van der Waals surface area contributed by atoms with Crippen LogP contribution >= 0.6 is 11.8 Å². The van der Waals surface area contributed by atoms with E-state index < -0.39 is 0 Å². The number of nitrogens with two attached hydrogens (primary N) is 1. The molecule has 0 fully saturated rings. The number of hydrogen-bond acceptors (Lipinski definition) is 5. The Bertz CT molecular complexity index is 1110. The van der Waals surface area contributed by atoms with E-state index in [-0.39, 0.29) is 23.9 Å². The Hall–Kier alpha value is -2.87. The molecule has 158 valence electrons. The average molecular weight is 426 g/mol. The highest BCUT2D eigenvalue weighted by molar-refractivity contribution is 7.99. The van der Waals surface area contributed by atoms with E-state index >= 15 is 0 Å². The number of ketones is 1. The molecule has 0 aliphatic rings. The standard InChI is InChI=1S/C22H27N5O2S/c1-13-6-7-17(10-14(13)2)27-15(3)11-18(16(27)4)19(28)12-30-22-25-24-21(26(22)5)9-8-20(23)29/h6-7,10-11H,8-9,12H2,1-5H3,(H2,23,29). The molecular formula is C22H27N5O2S. The zero-order chi connectivity index (χ0) is 22.0. The number of carbonyl (C=O) groups excluding carboxylic acids is 2. The van der Waals surface area contributed by atoms with Crippen LogP contribution in [0, 0.1) is 27.7 Å². The lowest BCUT2D eigenvalue weighted by Gasteiger charge is -2.12. The molecular weight excluding hydrogens is 398 g/mol. The van der Waals surface area contributed by atoms with Gasteiger partial charge in [-0.3, -0.25) is 9.59 Å². The third-order valence-electron chi connectivity index (χ3n) is 5.33. The van der Waals surface area contributed by atoms with Crippen molar-refractivity contribution in [2.75, 3.05) is 5.75 Å². The van der Waals surface area contributed by atoms with E-state index in [2.05, 4.69) is 46.8 Å². The first-order valence-electron chi connectivity index (χ1n) is 9.78. The second kappa shape index (κ2) is 8.87. The van der Waals surface area contributed by atoms with Crippen LogP contribution in [0.4, 0.5) is 0 Å². The van der Waals surface area contributed by atoms with Gasteiger partial charge < -0.3 is 14.9 Å². The number of benzene rings is 1. The lowest BCUT2D eigenvalue weighted by molar-refractivity contribution is -0.118. The van der Waals surface area contributed by atoms with Crippen LogP contribution < -0.4 is 5.73 Å². The average Bonchev–Trinajstić information content (AvgIpc) is 3.19. The normalized spacial score (nSPS) is 11.1. The van der Waals surface area contributed by atoms with Crippen LogP contribution in [0.3, 0.4) is 0 Å². The minimum atomic E-state index is -0.374. The van der Waals surface area contributed by atoms with Crippen molar-refractivity contribution >= 4 is 23.5 Å². The molecule has 7 nitrogen and oxygen atoms in total. The fraction of sp³-hybridized carbons (Fsp3) is 0.364. The predicted octanol–water partition coefficient (Wildman–Crippen LogP) is 3.23. The maximum absolute atomic E-state index is 12.9. The summed E-state index contributed by atoms with van der Waals surface area (Å²) in [4.78, 5) is 23.9. The van der Waals surface area contributed by atoms with Gasteiger partial charge in [0.2, 0.25) is 5.91 Å². The molecule has 3 rings (SSSR count). The van der Waals surface area contributed by atoms with Crippen LogP contribution in [0.1, 0.15) is 45.1 Å². The Labute approximate surface area is 180 Å². The first-order chi connectivity index (χ1) is 14.2. The van der Waals surface area contributed by atoms with Crippen LogP contribution in [0.15, 0.2) is 29.4 Å². The highest BCUT2D eigenvalue weighted by atomic mass is 32.2. The van der Waals surface area contributed by atoms with Crippen molar-refractivity contribution in [2.24, 2.45) is 12.8 Å². The molecule has 0 aliphatic heterocycles. The van der Waals surface area contributed by atoms with Gasteiger partial charge in [0.15, 0.2) is 10.9 Å². The van der Waals surface area contributed by atoms with Crippen LogP contribution in [-0.2, 0) is 18.3 Å². The summed E-state index contributed by atoms with van der Waals surface area (Å²) in [6.45, 7) is 8.17. The maximum atomic E-state index is 12.9. The summed E-state index contributed by atoms with van der Waals surface area (Å²) in [5.41, 5.74) is 11.4. The molecule has 2 N–H and O–H groups in total. The molecule has 3 aromatic rings. The molecule has 0 saturated heterocycles. The van der Waals surface area contributed by atoms with E-state index in [9.17, 15) is 9.59 Å². The molecule has 0 aliphatic carbocycles. The van der Waals surface area contributed by atoms with Crippen molar-refractivity contribution in [3.63, 3.8) is 0 Å². The number of aryl methyl sites for hydroxylation is 4. The number of primary amides is 1. The Morgan fingerprint density at radius 2 is 1.80 bits per heavy atom. The van der Waals surface area contributed by atoms with Crippen molar-refractivity contribution in [1.82, 2.24) is 19.3 Å². The number of rotatable bonds is 8. The first-order valence-corrected chi connectivity index (χ1v) is 10.8. The van der Waals surface area contributed by atoms with Gasteiger partial charge in [-0.2, -0.15) is 0 Å². The molecule has 0 unspecified atom stereocenters. The quantitative estimate of drug-likeness (QED) is 0.442. The van der Waals surface area contributed by atoms with Crippen molar-refractivity contribution < 1.29 is 9.59 Å². The van der Waals surface area contributed by atoms with E-state index in [1.54, 1.807) is 4.57 Å². The number of amides is 1. The fourth-order valence-electron chi connectivity index (χ4n) is 3.44. The molecule has 2 heterocycles. The number of Topliss-reactive ketones (excluding diaryl/α,β-unsaturated/α-hetero) is 1. The number of hydrogen-bond donors (Lipinski definition) is 1. The number of aromatic nitrogens is 4. The Kier molecular flexibility index (Phi) is 6.45. The monoisotopic (exact) mass is 425 g/mol. The molecule has 2 aromatic heterocycles. The van der Waals surface area contributed by atoms with E-state index in [1.165, 1.54) is 22.9 Å². The van der Waals surface area contributed by atoms with Gasteiger partial charge >= 0.3 is 0 Å². The van der Waals surface area contributed by atoms with Gasteiger partial charge in [0.05, 0.1) is 5.75 Å². The molecule has 0 saturated carbocycles. The molecule has 1 aromatic carbocycles. The summed E-state index contributed by atoms with van der Waals surface area (Å²) >= 11 is 1.34. The van der Waals surface area contributed by atoms with Gasteiger partial charge in [-0.1, -0.05) is 17.8 Å². The summed E-state index contributed by atoms with van der Waals surface area (Å²) in [6.07, 6.45) is 0.657. The third kappa shape index (κ3) is 4.48. The maximum Gasteiger partial charge on any atom is 0.217 e. The first kappa shape index (κ1) is 21.8. The van der Waals surface area contributed by atoms with Gasteiger partial charge in [0.25, 0.3) is 0 Å². The Morgan fingerprint density at radius 1 is 1.07 bits per heavy atom. The minimum absolute atomic E-state index is 0.0462. The van der Waals surface area contributed by atoms with Crippen molar-refractivity contribution in [3.8, 4) is 5.69 Å². The van der Waals surface area contributed by atoms with Crippen LogP contribution in [0.5, 0.6) is 0 Å². The second-order valence-electron chi connectivity index (χ2n) is 7.52. The van der Waals surface area contributed by atoms with Gasteiger partial charge in [-0.25, -0.2) is 0 Å². The van der Waals surface area contributed by atoms with Crippen LogP contribution in [-0.4, -0.2) is 36.8 Å². The highest BCUT2D eigenvalue weighted by Crippen LogP contribution is 2.25. The van der Waals surface area contributed by atoms with Crippen molar-refractivity contribution in [1.29, 1.82) is 0 Å². The Balaban J connectivity index is 1.75. The predicted molar refractivity (Wildman–Crippen MR) is 118 cm³/mol. The molecule has 0 atom stereocenters. The molecule has 0 bridgehead atoms. The molecule has 0 radical (unpaired) electrons. The van der Waals surface area contributed by atoms with E-state index in [0.29, 0.717) is 23.0 Å². The molecule has 8 heteroatoms. The minimum Gasteiger partial charge on any atom is -0.370 e. The summed E-state index contributed by atoms with van der Waals surface area (Å²) in [5.74, 6) is 0.613. The second-order valence-corrected chi connectivity index (χ2v) is 8.47. The topological polar surface area (TPSA) is 95.8 Å². The molecule has 30 heavy (non-hydrogen) atoms. The van der Waals surface area contributed by atoms with Gasteiger partial charge in [0, 0.05) is 42.5 Å². The smallest absolute Gasteiger partial charge is 0.217 e. The Morgan fingerprint density at radius 3 is 2.47 bits per heavy atom. The molecule has 1 amide bonds. The van der Waals surface area contributed by atoms with Crippen molar-refractivity contribution in [3.05, 3.63) is 58.2 Å². The summed E-state index contributed by atoms with van der Waals surface area (Å²) in [7, 11) is 1.83. The summed E-state index contributed by atoms with van der Waals surface area (Å²) < 4.78 is 3.92. The summed E-state index contributed by atoms with van der Waals surface area (Å²) in [6, 6.07) is 8.27. The lowest BCUT2D eigenvalue weighted by Crippen LogP contribution is -2.13. The van der Waals surface area contributed by atoms with E-state index in [1.807, 2.05) is 27.0 Å². The van der Waals surface area contributed by atoms with E-state index in [0.717, 1.165) is 17.1 Å². The largest absolute Gasteiger partial charge is 0.370 e. The third-order valence-corrected chi connectivity index (χ3v) is 6.35. The van der Waals surface area contributed by atoms with Gasteiger partial charge in [0.1, 0.15) is 5.82 Å². The lowest BCUT2D eigenvalue weighted by atomic mass is 10.1. The van der Waals surface area contributed by atoms with E-state index in [4.69, 9.17) is 5.73 Å². The summed E-state index contributed by atoms with van der Waals surface area (Å²) in [5, 5.41) is 8.88.